The summed E-state index contributed by atoms with van der Waals surface area (Å²) in [4.78, 5) is 13.5. The van der Waals surface area contributed by atoms with Gasteiger partial charge in [-0.05, 0) is 27.7 Å². The van der Waals surface area contributed by atoms with E-state index in [4.69, 9.17) is 9.47 Å². The summed E-state index contributed by atoms with van der Waals surface area (Å²) < 4.78 is 11.1. The molecule has 2 heterocycles. The molecule has 0 saturated carbocycles. The minimum Gasteiger partial charge on any atom is -0.444 e. The molecule has 1 atom stereocenters. The molecule has 0 radical (unpaired) electrons. The van der Waals surface area contributed by atoms with Crippen molar-refractivity contribution in [1.29, 1.82) is 0 Å². The first-order valence-corrected chi connectivity index (χ1v) is 6.18. The molecule has 2 aliphatic rings. The van der Waals surface area contributed by atoms with Crippen LogP contribution in [0.5, 0.6) is 0 Å². The van der Waals surface area contributed by atoms with E-state index in [1.54, 1.807) is 4.90 Å². The fraction of sp³-hybridized carbons (Fsp3) is 0.917. The Morgan fingerprint density at radius 3 is 2.65 bits per heavy atom. The fourth-order valence-electron chi connectivity index (χ4n) is 2.26. The van der Waals surface area contributed by atoms with E-state index in [0.717, 1.165) is 6.54 Å². The molecule has 0 aromatic carbocycles. The zero-order valence-corrected chi connectivity index (χ0v) is 11.1. The van der Waals surface area contributed by atoms with Crippen molar-refractivity contribution in [2.75, 3.05) is 26.2 Å². The Hall–Kier alpha value is -0.810. The molecule has 2 rings (SSSR count). The van der Waals surface area contributed by atoms with Crippen LogP contribution in [0.4, 0.5) is 4.79 Å². The Kier molecular flexibility index (Phi) is 3.08. The third-order valence-electron chi connectivity index (χ3n) is 3.30. The number of hydrogen-bond donors (Lipinski definition) is 1. The molecule has 1 unspecified atom stereocenters. The number of ether oxygens (including phenoxy) is 2. The minimum absolute atomic E-state index is 0.199. The zero-order chi connectivity index (χ0) is 12.7. The summed E-state index contributed by atoms with van der Waals surface area (Å²) in [5.41, 5.74) is -0.633. The van der Waals surface area contributed by atoms with Crippen LogP contribution in [0.2, 0.25) is 0 Å². The second-order valence-electron chi connectivity index (χ2n) is 5.93. The Bertz CT molecular complexity index is 305. The average molecular weight is 242 g/mol. The van der Waals surface area contributed by atoms with Crippen LogP contribution in [-0.2, 0) is 9.47 Å². The molecular weight excluding hydrogens is 220 g/mol. The number of carbonyl (C=O) groups excluding carboxylic acids is 1. The van der Waals surface area contributed by atoms with Gasteiger partial charge < -0.3 is 19.7 Å². The minimum atomic E-state index is -0.433. The van der Waals surface area contributed by atoms with E-state index in [9.17, 15) is 4.79 Å². The molecule has 2 aliphatic heterocycles. The molecule has 0 aromatic heterocycles. The van der Waals surface area contributed by atoms with Crippen LogP contribution in [0.25, 0.3) is 0 Å². The van der Waals surface area contributed by atoms with Gasteiger partial charge in [-0.3, -0.25) is 0 Å². The van der Waals surface area contributed by atoms with Crippen LogP contribution in [0.1, 0.15) is 27.7 Å². The third kappa shape index (κ3) is 2.55. The average Bonchev–Trinajstić information content (AvgIpc) is 2.12. The monoisotopic (exact) mass is 242 g/mol. The van der Waals surface area contributed by atoms with E-state index in [2.05, 4.69) is 12.2 Å². The maximum Gasteiger partial charge on any atom is 0.410 e. The number of nitrogens with zero attached hydrogens (tertiary/aromatic N) is 1. The number of amides is 1. The number of carbonyl (C=O) groups is 1. The standard InChI is InChI=1S/C12H22N2O3/c1-9-12(16-6-5-13-9)7-14(8-12)10(15)17-11(2,3)4/h9,13H,5-8H2,1-4H3. The molecule has 98 valence electrons. The molecule has 17 heavy (non-hydrogen) atoms. The predicted molar refractivity (Wildman–Crippen MR) is 64.0 cm³/mol. The quantitative estimate of drug-likeness (QED) is 0.688. The van der Waals surface area contributed by atoms with Gasteiger partial charge in [-0.1, -0.05) is 0 Å². The van der Waals surface area contributed by atoms with Gasteiger partial charge in [0.1, 0.15) is 11.2 Å². The molecule has 1 amide bonds. The van der Waals surface area contributed by atoms with Crippen molar-refractivity contribution in [3.63, 3.8) is 0 Å². The van der Waals surface area contributed by atoms with Gasteiger partial charge in [0.2, 0.25) is 0 Å². The lowest BCUT2D eigenvalue weighted by atomic mass is 9.86. The normalized spacial score (nSPS) is 27.8. The van der Waals surface area contributed by atoms with Crippen molar-refractivity contribution in [3.8, 4) is 0 Å². The topological polar surface area (TPSA) is 50.8 Å². The second-order valence-corrected chi connectivity index (χ2v) is 5.93. The van der Waals surface area contributed by atoms with Crippen molar-refractivity contribution in [3.05, 3.63) is 0 Å². The van der Waals surface area contributed by atoms with Crippen LogP contribution in [0.3, 0.4) is 0 Å². The van der Waals surface area contributed by atoms with E-state index in [-0.39, 0.29) is 17.7 Å². The van der Waals surface area contributed by atoms with E-state index in [1.807, 2.05) is 20.8 Å². The SMILES string of the molecule is CC1NCCOC12CN(C(=O)OC(C)(C)C)C2. The van der Waals surface area contributed by atoms with Crippen LogP contribution >= 0.6 is 0 Å². The number of likely N-dealkylation sites (tertiary alicyclic amines) is 1. The van der Waals surface area contributed by atoms with Crippen molar-refractivity contribution >= 4 is 6.09 Å². The highest BCUT2D eigenvalue weighted by Gasteiger charge is 2.52. The lowest BCUT2D eigenvalue weighted by Crippen LogP contribution is -2.74. The van der Waals surface area contributed by atoms with Gasteiger partial charge in [0.15, 0.2) is 0 Å². The predicted octanol–water partition coefficient (Wildman–Crippen LogP) is 0.984. The third-order valence-corrected chi connectivity index (χ3v) is 3.30. The molecule has 0 bridgehead atoms. The lowest BCUT2D eigenvalue weighted by molar-refractivity contribution is -0.171. The van der Waals surface area contributed by atoms with E-state index in [0.29, 0.717) is 19.7 Å². The lowest BCUT2D eigenvalue weighted by Gasteiger charge is -2.54. The Morgan fingerprint density at radius 2 is 2.12 bits per heavy atom. The van der Waals surface area contributed by atoms with Crippen LogP contribution in [0, 0.1) is 0 Å². The maximum atomic E-state index is 11.8. The van der Waals surface area contributed by atoms with Gasteiger partial charge in [-0.15, -0.1) is 0 Å². The number of nitrogens with one attached hydrogen (secondary N) is 1. The number of rotatable bonds is 0. The smallest absolute Gasteiger partial charge is 0.410 e. The van der Waals surface area contributed by atoms with E-state index >= 15 is 0 Å². The van der Waals surface area contributed by atoms with Crippen LogP contribution < -0.4 is 5.32 Å². The van der Waals surface area contributed by atoms with Gasteiger partial charge in [0.25, 0.3) is 0 Å². The van der Waals surface area contributed by atoms with Crippen molar-refractivity contribution < 1.29 is 14.3 Å². The van der Waals surface area contributed by atoms with Gasteiger partial charge in [-0.25, -0.2) is 4.79 Å². The van der Waals surface area contributed by atoms with Gasteiger partial charge in [-0.2, -0.15) is 0 Å². The second kappa shape index (κ2) is 4.14. The summed E-state index contributed by atoms with van der Waals surface area (Å²) >= 11 is 0. The molecule has 1 N–H and O–H groups in total. The Balaban J connectivity index is 1.87. The molecule has 0 aliphatic carbocycles. The van der Waals surface area contributed by atoms with Gasteiger partial charge >= 0.3 is 6.09 Å². The van der Waals surface area contributed by atoms with Crippen molar-refractivity contribution in [1.82, 2.24) is 10.2 Å². The highest BCUT2D eigenvalue weighted by Crippen LogP contribution is 2.31. The zero-order valence-electron chi connectivity index (χ0n) is 11.1. The molecule has 5 nitrogen and oxygen atoms in total. The molecular formula is C12H22N2O3. The van der Waals surface area contributed by atoms with Crippen molar-refractivity contribution in [2.45, 2.75) is 44.9 Å². The first-order chi connectivity index (χ1) is 7.82. The fourth-order valence-corrected chi connectivity index (χ4v) is 2.26. The largest absolute Gasteiger partial charge is 0.444 e. The summed E-state index contributed by atoms with van der Waals surface area (Å²) in [5, 5.41) is 3.38. The highest BCUT2D eigenvalue weighted by molar-refractivity contribution is 5.69. The molecule has 2 saturated heterocycles. The highest BCUT2D eigenvalue weighted by atomic mass is 16.6. The van der Waals surface area contributed by atoms with E-state index < -0.39 is 5.60 Å². The summed E-state index contributed by atoms with van der Waals surface area (Å²) in [7, 11) is 0. The first-order valence-electron chi connectivity index (χ1n) is 6.18. The maximum absolute atomic E-state index is 11.8. The molecule has 1 spiro atoms. The Morgan fingerprint density at radius 1 is 1.47 bits per heavy atom. The summed E-state index contributed by atoms with van der Waals surface area (Å²) in [5.74, 6) is 0. The number of hydrogen-bond acceptors (Lipinski definition) is 4. The number of morpholine rings is 1. The van der Waals surface area contributed by atoms with Gasteiger partial charge in [0, 0.05) is 12.6 Å². The van der Waals surface area contributed by atoms with Crippen molar-refractivity contribution in [2.24, 2.45) is 0 Å². The molecule has 0 aromatic rings. The summed E-state index contributed by atoms with van der Waals surface area (Å²) in [6.45, 7) is 10.6. The van der Waals surface area contributed by atoms with Crippen LogP contribution in [0.15, 0.2) is 0 Å². The van der Waals surface area contributed by atoms with E-state index in [1.165, 1.54) is 0 Å². The molecule has 2 fully saturated rings. The first kappa shape index (κ1) is 12.6. The summed E-state index contributed by atoms with van der Waals surface area (Å²) in [6, 6.07) is 0.287. The van der Waals surface area contributed by atoms with Gasteiger partial charge in [0.05, 0.1) is 19.7 Å². The van der Waals surface area contributed by atoms with Crippen LogP contribution in [-0.4, -0.2) is 54.5 Å². The molecule has 5 heteroatoms. The Labute approximate surface area is 102 Å². The summed E-state index contributed by atoms with van der Waals surface area (Å²) in [6.07, 6.45) is -0.246.